The van der Waals surface area contributed by atoms with Crippen molar-refractivity contribution in [2.75, 3.05) is 0 Å². The summed E-state index contributed by atoms with van der Waals surface area (Å²) in [7, 11) is 0. The van der Waals surface area contributed by atoms with Crippen LogP contribution in [-0.2, 0) is 9.53 Å². The fraction of sp³-hybridized carbons (Fsp3) is 0.800. The highest BCUT2D eigenvalue weighted by atomic mass is 16.6. The second kappa shape index (κ2) is 5.24. The van der Waals surface area contributed by atoms with Crippen LogP contribution in [0.25, 0.3) is 0 Å². The van der Waals surface area contributed by atoms with Crippen molar-refractivity contribution in [1.29, 1.82) is 0 Å². The smallest absolute Gasteiger partial charge is 0.334 e. The van der Waals surface area contributed by atoms with Crippen LogP contribution in [0, 0.1) is 5.92 Å². The Hall–Kier alpha value is -0.790. The lowest BCUT2D eigenvalue weighted by molar-refractivity contribution is -0.156. The van der Waals surface area contributed by atoms with Crippen molar-refractivity contribution in [2.24, 2.45) is 5.92 Å². The van der Waals surface area contributed by atoms with Crippen molar-refractivity contribution in [1.82, 2.24) is 0 Å². The molecule has 0 spiro atoms. The quantitative estimate of drug-likeness (QED) is 0.677. The second-order valence-electron chi connectivity index (χ2n) is 6.01. The molecule has 1 fully saturated rings. The molecule has 0 N–H and O–H groups in total. The van der Waals surface area contributed by atoms with E-state index < -0.39 is 0 Å². The molecule has 2 heteroatoms. The van der Waals surface area contributed by atoms with Crippen molar-refractivity contribution in [3.05, 3.63) is 11.6 Å². The van der Waals surface area contributed by atoms with Gasteiger partial charge < -0.3 is 4.74 Å². The molecule has 2 nitrogen and oxygen atoms in total. The summed E-state index contributed by atoms with van der Waals surface area (Å²) in [5, 5.41) is 0. The van der Waals surface area contributed by atoms with E-state index in [0.717, 1.165) is 43.6 Å². The normalized spacial score (nSPS) is 28.4. The molecule has 0 aromatic carbocycles. The van der Waals surface area contributed by atoms with Crippen LogP contribution in [0.5, 0.6) is 0 Å². The molecular formula is C15H24O2. The van der Waals surface area contributed by atoms with E-state index in [2.05, 4.69) is 19.9 Å². The molecule has 1 saturated carbocycles. The third-order valence-corrected chi connectivity index (χ3v) is 4.19. The molecule has 0 heterocycles. The summed E-state index contributed by atoms with van der Waals surface area (Å²) in [5.41, 5.74) is 0.717. The van der Waals surface area contributed by atoms with Gasteiger partial charge in [-0.15, -0.1) is 0 Å². The zero-order chi connectivity index (χ0) is 12.3. The van der Waals surface area contributed by atoms with E-state index in [4.69, 9.17) is 4.74 Å². The molecule has 2 aliphatic rings. The molecule has 17 heavy (non-hydrogen) atoms. The lowest BCUT2D eigenvalue weighted by atomic mass is 9.86. The van der Waals surface area contributed by atoms with Gasteiger partial charge in [-0.2, -0.15) is 0 Å². The number of esters is 1. The number of carbonyl (C=O) groups excluding carboxylic acids is 1. The van der Waals surface area contributed by atoms with Crippen LogP contribution in [0.4, 0.5) is 0 Å². The van der Waals surface area contributed by atoms with E-state index in [9.17, 15) is 4.79 Å². The van der Waals surface area contributed by atoms with Crippen LogP contribution in [0.3, 0.4) is 0 Å². The summed E-state index contributed by atoms with van der Waals surface area (Å²) in [4.78, 5) is 12.1. The molecule has 0 amide bonds. The fourth-order valence-electron chi connectivity index (χ4n) is 2.84. The first-order valence-corrected chi connectivity index (χ1v) is 7.01. The standard InChI is InChI=1S/C15H24O2/c1-12-6-8-13(9-7-12)14(16)17-15(2)10-4-3-5-11-15/h8,12H,3-7,9-11H2,1-2H3. The van der Waals surface area contributed by atoms with Crippen molar-refractivity contribution < 1.29 is 9.53 Å². The summed E-state index contributed by atoms with van der Waals surface area (Å²) in [6, 6.07) is 0. The van der Waals surface area contributed by atoms with Gasteiger partial charge in [0, 0.05) is 5.57 Å². The average Bonchev–Trinajstić information content (AvgIpc) is 2.30. The summed E-state index contributed by atoms with van der Waals surface area (Å²) in [6.45, 7) is 4.33. The van der Waals surface area contributed by atoms with Gasteiger partial charge in [0.1, 0.15) is 5.60 Å². The van der Waals surface area contributed by atoms with Crippen LogP contribution in [-0.4, -0.2) is 11.6 Å². The Morgan fingerprint density at radius 3 is 2.65 bits per heavy atom. The van der Waals surface area contributed by atoms with E-state index in [1.807, 2.05) is 0 Å². The predicted octanol–water partition coefficient (Wildman–Crippen LogP) is 4.00. The lowest BCUT2D eigenvalue weighted by Crippen LogP contribution is -2.34. The second-order valence-corrected chi connectivity index (χ2v) is 6.01. The maximum atomic E-state index is 12.1. The van der Waals surface area contributed by atoms with Crippen molar-refractivity contribution >= 4 is 5.97 Å². The van der Waals surface area contributed by atoms with Gasteiger partial charge in [0.25, 0.3) is 0 Å². The summed E-state index contributed by atoms with van der Waals surface area (Å²) >= 11 is 0. The molecule has 0 aromatic heterocycles. The van der Waals surface area contributed by atoms with Crippen molar-refractivity contribution in [3.63, 3.8) is 0 Å². The van der Waals surface area contributed by atoms with Crippen LogP contribution >= 0.6 is 0 Å². The highest BCUT2D eigenvalue weighted by Crippen LogP contribution is 2.33. The fourth-order valence-corrected chi connectivity index (χ4v) is 2.84. The monoisotopic (exact) mass is 236 g/mol. The molecule has 1 unspecified atom stereocenters. The minimum absolute atomic E-state index is 0.0544. The molecular weight excluding hydrogens is 212 g/mol. The van der Waals surface area contributed by atoms with Crippen molar-refractivity contribution in [2.45, 2.75) is 70.8 Å². The van der Waals surface area contributed by atoms with Gasteiger partial charge in [-0.05, 0) is 57.8 Å². The van der Waals surface area contributed by atoms with Gasteiger partial charge in [0.15, 0.2) is 0 Å². The Morgan fingerprint density at radius 2 is 2.06 bits per heavy atom. The summed E-state index contributed by atoms with van der Waals surface area (Å²) in [6.07, 6.45) is 10.9. The molecule has 96 valence electrons. The zero-order valence-electron chi connectivity index (χ0n) is 11.1. The first-order valence-electron chi connectivity index (χ1n) is 7.01. The molecule has 2 aliphatic carbocycles. The first-order chi connectivity index (χ1) is 8.09. The summed E-state index contributed by atoms with van der Waals surface area (Å²) in [5.74, 6) is 0.665. The Bertz CT molecular complexity index is 311. The predicted molar refractivity (Wildman–Crippen MR) is 68.7 cm³/mol. The number of allylic oxidation sites excluding steroid dienone is 1. The Labute approximate surface area is 104 Å². The van der Waals surface area contributed by atoms with Gasteiger partial charge >= 0.3 is 5.97 Å². The maximum Gasteiger partial charge on any atom is 0.334 e. The lowest BCUT2D eigenvalue weighted by Gasteiger charge is -2.33. The Kier molecular flexibility index (Phi) is 3.90. The molecule has 0 radical (unpaired) electrons. The molecule has 0 aromatic rings. The van der Waals surface area contributed by atoms with E-state index in [0.29, 0.717) is 0 Å². The molecule has 2 rings (SSSR count). The van der Waals surface area contributed by atoms with E-state index in [1.165, 1.54) is 19.3 Å². The van der Waals surface area contributed by atoms with Crippen LogP contribution < -0.4 is 0 Å². The van der Waals surface area contributed by atoms with E-state index in [-0.39, 0.29) is 11.6 Å². The molecule has 0 saturated heterocycles. The van der Waals surface area contributed by atoms with Crippen LogP contribution in [0.2, 0.25) is 0 Å². The van der Waals surface area contributed by atoms with Crippen molar-refractivity contribution in [3.8, 4) is 0 Å². The largest absolute Gasteiger partial charge is 0.456 e. The van der Waals surface area contributed by atoms with Crippen LogP contribution in [0.1, 0.15) is 65.2 Å². The third-order valence-electron chi connectivity index (χ3n) is 4.19. The minimum atomic E-state index is -0.195. The minimum Gasteiger partial charge on any atom is -0.456 e. The average molecular weight is 236 g/mol. The Morgan fingerprint density at radius 1 is 1.35 bits per heavy atom. The maximum absolute atomic E-state index is 12.1. The van der Waals surface area contributed by atoms with Gasteiger partial charge in [-0.25, -0.2) is 4.79 Å². The highest BCUT2D eigenvalue weighted by molar-refractivity contribution is 5.88. The van der Waals surface area contributed by atoms with E-state index in [1.54, 1.807) is 0 Å². The molecule has 0 aliphatic heterocycles. The van der Waals surface area contributed by atoms with E-state index >= 15 is 0 Å². The number of hydrogen-bond acceptors (Lipinski definition) is 2. The van der Waals surface area contributed by atoms with Gasteiger partial charge in [0.2, 0.25) is 0 Å². The third kappa shape index (κ3) is 3.34. The van der Waals surface area contributed by atoms with Gasteiger partial charge in [-0.3, -0.25) is 0 Å². The summed E-state index contributed by atoms with van der Waals surface area (Å²) < 4.78 is 5.75. The molecule has 0 bridgehead atoms. The zero-order valence-corrected chi connectivity index (χ0v) is 11.1. The van der Waals surface area contributed by atoms with Crippen LogP contribution in [0.15, 0.2) is 11.6 Å². The van der Waals surface area contributed by atoms with Gasteiger partial charge in [-0.1, -0.05) is 19.4 Å². The Balaban J connectivity index is 1.92. The number of rotatable bonds is 2. The number of carbonyl (C=O) groups is 1. The first kappa shape index (κ1) is 12.7. The van der Waals surface area contributed by atoms with Gasteiger partial charge in [0.05, 0.1) is 0 Å². The SMILES string of the molecule is CC1CC=C(C(=O)OC2(C)CCCCC2)CC1. The number of hydrogen-bond donors (Lipinski definition) is 0. The molecule has 1 atom stereocenters. The number of ether oxygens (including phenoxy) is 1. The highest BCUT2D eigenvalue weighted by Gasteiger charge is 2.32. The topological polar surface area (TPSA) is 26.3 Å².